The number of imide groups is 1. The number of amides is 4. The van der Waals surface area contributed by atoms with Crippen molar-refractivity contribution in [1.82, 2.24) is 10.2 Å². The summed E-state index contributed by atoms with van der Waals surface area (Å²) in [7, 11) is 0. The van der Waals surface area contributed by atoms with Crippen molar-refractivity contribution in [2.45, 2.75) is 25.8 Å². The maximum atomic E-state index is 13.1. The first-order valence-electron chi connectivity index (χ1n) is 9.32. The summed E-state index contributed by atoms with van der Waals surface area (Å²) in [5, 5.41) is 5.96. The van der Waals surface area contributed by atoms with Crippen molar-refractivity contribution in [3.63, 3.8) is 0 Å². The number of rotatable bonds is 7. The number of anilines is 1. The Kier molecular flexibility index (Phi) is 6.08. The van der Waals surface area contributed by atoms with Gasteiger partial charge >= 0.3 is 6.03 Å². The number of hydrogen-bond donors (Lipinski definition) is 2. The van der Waals surface area contributed by atoms with Crippen LogP contribution >= 0.6 is 11.6 Å². The van der Waals surface area contributed by atoms with E-state index in [9.17, 15) is 14.4 Å². The van der Waals surface area contributed by atoms with E-state index in [0.29, 0.717) is 35.1 Å². The van der Waals surface area contributed by atoms with Gasteiger partial charge in [-0.1, -0.05) is 30.7 Å². The molecule has 7 nitrogen and oxygen atoms in total. The Morgan fingerprint density at radius 1 is 1.10 bits per heavy atom. The van der Waals surface area contributed by atoms with E-state index in [0.717, 1.165) is 4.90 Å². The summed E-state index contributed by atoms with van der Waals surface area (Å²) < 4.78 is 5.36. The summed E-state index contributed by atoms with van der Waals surface area (Å²) in [6.07, 6.45) is 0.343. The minimum Gasteiger partial charge on any atom is -0.494 e. The predicted octanol–water partition coefficient (Wildman–Crippen LogP) is 3.53. The summed E-state index contributed by atoms with van der Waals surface area (Å²) in [6.45, 7) is 3.85. The highest BCUT2D eigenvalue weighted by Gasteiger charge is 2.51. The lowest BCUT2D eigenvalue weighted by molar-refractivity contribution is -0.134. The molecule has 0 spiro atoms. The van der Waals surface area contributed by atoms with Crippen LogP contribution in [0.15, 0.2) is 48.5 Å². The zero-order valence-corrected chi connectivity index (χ0v) is 17.0. The molecular weight excluding hydrogens is 394 g/mol. The van der Waals surface area contributed by atoms with Crippen molar-refractivity contribution in [3.8, 4) is 5.75 Å². The molecule has 1 saturated heterocycles. The molecule has 0 aliphatic carbocycles. The van der Waals surface area contributed by atoms with Gasteiger partial charge < -0.3 is 15.4 Å². The number of carbonyl (C=O) groups is 3. The summed E-state index contributed by atoms with van der Waals surface area (Å²) in [6, 6.07) is 13.0. The van der Waals surface area contributed by atoms with Gasteiger partial charge in [-0.25, -0.2) is 4.79 Å². The number of halogens is 1. The van der Waals surface area contributed by atoms with Crippen molar-refractivity contribution < 1.29 is 19.1 Å². The van der Waals surface area contributed by atoms with Gasteiger partial charge in [0.2, 0.25) is 5.91 Å². The SMILES string of the molecule is CCOc1ccc(NC(=O)CN2C(=O)N[C@](CC)(c3ccc(Cl)cc3)C2=O)cc1. The minimum absolute atomic E-state index is 0.343. The highest BCUT2D eigenvalue weighted by Crippen LogP contribution is 2.33. The second kappa shape index (κ2) is 8.53. The Morgan fingerprint density at radius 3 is 2.34 bits per heavy atom. The van der Waals surface area contributed by atoms with Gasteiger partial charge in [-0.2, -0.15) is 0 Å². The van der Waals surface area contributed by atoms with Crippen LogP contribution in [-0.2, 0) is 15.1 Å². The molecule has 152 valence electrons. The third-order valence-electron chi connectivity index (χ3n) is 4.79. The van der Waals surface area contributed by atoms with E-state index in [4.69, 9.17) is 16.3 Å². The highest BCUT2D eigenvalue weighted by atomic mass is 35.5. The number of urea groups is 1. The number of ether oxygens (including phenoxy) is 1. The topological polar surface area (TPSA) is 87.7 Å². The maximum Gasteiger partial charge on any atom is 0.325 e. The van der Waals surface area contributed by atoms with Gasteiger partial charge in [-0.05, 0) is 55.3 Å². The fraction of sp³-hybridized carbons (Fsp3) is 0.286. The minimum atomic E-state index is -1.21. The van der Waals surface area contributed by atoms with Crippen LogP contribution in [0.1, 0.15) is 25.8 Å². The third kappa shape index (κ3) is 4.19. The van der Waals surface area contributed by atoms with Gasteiger partial charge in [0.05, 0.1) is 6.61 Å². The maximum absolute atomic E-state index is 13.1. The van der Waals surface area contributed by atoms with E-state index >= 15 is 0 Å². The average Bonchev–Trinajstić information content (AvgIpc) is 2.95. The Hall–Kier alpha value is -3.06. The molecule has 0 unspecified atom stereocenters. The first-order valence-corrected chi connectivity index (χ1v) is 9.70. The number of nitrogens with zero attached hydrogens (tertiary/aromatic N) is 1. The first-order chi connectivity index (χ1) is 13.9. The number of carbonyl (C=O) groups excluding carboxylic acids is 3. The lowest BCUT2D eigenvalue weighted by Gasteiger charge is -2.25. The number of hydrogen-bond acceptors (Lipinski definition) is 4. The molecule has 0 aromatic heterocycles. The standard InChI is InChI=1S/C21H22ClN3O4/c1-3-21(14-5-7-15(22)8-6-14)19(27)25(20(28)24-21)13-18(26)23-16-9-11-17(12-10-16)29-4-2/h5-12H,3-4,13H2,1-2H3,(H,23,26)(H,24,28)/t21-/m1/s1. The van der Waals surface area contributed by atoms with Crippen molar-refractivity contribution in [2.24, 2.45) is 0 Å². The monoisotopic (exact) mass is 415 g/mol. The summed E-state index contributed by atoms with van der Waals surface area (Å²) >= 11 is 5.93. The predicted molar refractivity (Wildman–Crippen MR) is 110 cm³/mol. The molecule has 3 rings (SSSR count). The van der Waals surface area contributed by atoms with Crippen LogP contribution in [0, 0.1) is 0 Å². The second-order valence-corrected chi connectivity index (χ2v) is 7.03. The summed E-state index contributed by atoms with van der Waals surface area (Å²) in [5.74, 6) is -0.245. The van der Waals surface area contributed by atoms with Gasteiger partial charge in [0, 0.05) is 10.7 Å². The Labute approximate surface area is 174 Å². The number of nitrogens with one attached hydrogen (secondary N) is 2. The van der Waals surface area contributed by atoms with Crippen molar-refractivity contribution in [1.29, 1.82) is 0 Å². The Bertz CT molecular complexity index is 915. The molecular formula is C21H22ClN3O4. The van der Waals surface area contributed by atoms with E-state index in [1.165, 1.54) is 0 Å². The zero-order chi connectivity index (χ0) is 21.0. The molecule has 1 aliphatic heterocycles. The normalized spacial score (nSPS) is 18.5. The molecule has 1 atom stereocenters. The quantitative estimate of drug-likeness (QED) is 0.677. The van der Waals surface area contributed by atoms with Crippen molar-refractivity contribution in [2.75, 3.05) is 18.5 Å². The molecule has 1 fully saturated rings. The van der Waals surface area contributed by atoms with E-state index in [1.54, 1.807) is 55.5 Å². The smallest absolute Gasteiger partial charge is 0.325 e. The molecule has 8 heteroatoms. The molecule has 1 aliphatic rings. The molecule has 0 saturated carbocycles. The molecule has 2 aromatic carbocycles. The van der Waals surface area contributed by atoms with Crippen LogP contribution in [0.2, 0.25) is 5.02 Å². The van der Waals surface area contributed by atoms with Gasteiger partial charge in [0.15, 0.2) is 0 Å². The van der Waals surface area contributed by atoms with Gasteiger partial charge in [0.1, 0.15) is 17.8 Å². The molecule has 0 radical (unpaired) electrons. The highest BCUT2D eigenvalue weighted by molar-refractivity contribution is 6.30. The molecule has 4 amide bonds. The lowest BCUT2D eigenvalue weighted by atomic mass is 9.87. The molecule has 2 N–H and O–H groups in total. The summed E-state index contributed by atoms with van der Waals surface area (Å²) in [4.78, 5) is 38.9. The fourth-order valence-electron chi connectivity index (χ4n) is 3.29. The van der Waals surface area contributed by atoms with E-state index < -0.39 is 23.4 Å². The lowest BCUT2D eigenvalue weighted by Crippen LogP contribution is -2.44. The molecule has 1 heterocycles. The summed E-state index contributed by atoms with van der Waals surface area (Å²) in [5.41, 5.74) is -0.0386. The van der Waals surface area contributed by atoms with E-state index in [-0.39, 0.29) is 6.54 Å². The Morgan fingerprint density at radius 2 is 1.76 bits per heavy atom. The molecule has 2 aromatic rings. The number of benzene rings is 2. The van der Waals surface area contributed by atoms with Gasteiger partial charge in [-0.3, -0.25) is 14.5 Å². The average molecular weight is 416 g/mol. The third-order valence-corrected chi connectivity index (χ3v) is 5.05. The van der Waals surface area contributed by atoms with Crippen LogP contribution in [0.5, 0.6) is 5.75 Å². The van der Waals surface area contributed by atoms with Crippen LogP contribution < -0.4 is 15.4 Å². The van der Waals surface area contributed by atoms with Crippen LogP contribution in [0.25, 0.3) is 0 Å². The Balaban J connectivity index is 1.72. The van der Waals surface area contributed by atoms with Crippen LogP contribution in [0.3, 0.4) is 0 Å². The van der Waals surface area contributed by atoms with Gasteiger partial charge in [-0.15, -0.1) is 0 Å². The van der Waals surface area contributed by atoms with E-state index in [2.05, 4.69) is 10.6 Å². The van der Waals surface area contributed by atoms with Crippen molar-refractivity contribution in [3.05, 3.63) is 59.1 Å². The van der Waals surface area contributed by atoms with E-state index in [1.807, 2.05) is 6.92 Å². The second-order valence-electron chi connectivity index (χ2n) is 6.59. The van der Waals surface area contributed by atoms with Crippen LogP contribution in [-0.4, -0.2) is 35.9 Å². The molecule has 0 bridgehead atoms. The van der Waals surface area contributed by atoms with Crippen LogP contribution in [0.4, 0.5) is 10.5 Å². The first kappa shape index (κ1) is 20.7. The fourth-order valence-corrected chi connectivity index (χ4v) is 3.41. The van der Waals surface area contributed by atoms with Gasteiger partial charge in [0.25, 0.3) is 5.91 Å². The zero-order valence-electron chi connectivity index (χ0n) is 16.2. The molecule has 29 heavy (non-hydrogen) atoms. The van der Waals surface area contributed by atoms with Crippen molar-refractivity contribution >= 4 is 35.1 Å². The largest absolute Gasteiger partial charge is 0.494 e.